The van der Waals surface area contributed by atoms with Crippen molar-refractivity contribution in [2.24, 2.45) is 5.73 Å². The second kappa shape index (κ2) is 12.3. The summed E-state index contributed by atoms with van der Waals surface area (Å²) in [5, 5.41) is 1.08. The quantitative estimate of drug-likeness (QED) is 0.355. The summed E-state index contributed by atoms with van der Waals surface area (Å²) in [7, 11) is 0. The summed E-state index contributed by atoms with van der Waals surface area (Å²) in [4.78, 5) is 29.9. The third-order valence-corrected chi connectivity index (χ3v) is 3.93. The van der Waals surface area contributed by atoms with Crippen molar-refractivity contribution in [3.8, 4) is 0 Å². The van der Waals surface area contributed by atoms with Crippen LogP contribution in [-0.4, -0.2) is 36.3 Å². The third-order valence-electron chi connectivity index (χ3n) is 3.93. The number of carbonyl (C=O) groups is 2. The second-order valence-electron chi connectivity index (χ2n) is 6.22. The van der Waals surface area contributed by atoms with Crippen molar-refractivity contribution in [2.75, 3.05) is 13.2 Å². The molecule has 0 spiro atoms. The molecule has 0 unspecified atom stereocenters. The Labute approximate surface area is 170 Å². The molecule has 0 bridgehead atoms. The van der Waals surface area contributed by atoms with Crippen LogP contribution in [0.25, 0.3) is 0 Å². The first-order valence-electron chi connectivity index (χ1n) is 9.28. The molecule has 2 aromatic rings. The molecule has 2 aromatic carbocycles. The van der Waals surface area contributed by atoms with Gasteiger partial charge in [-0.15, -0.1) is 0 Å². The fraction of sp³-hybridized carbons (Fsp3) is 0.273. The van der Waals surface area contributed by atoms with Gasteiger partial charge in [0.05, 0.1) is 6.54 Å². The Hall–Kier alpha value is -3.16. The van der Waals surface area contributed by atoms with Crippen LogP contribution in [0.1, 0.15) is 17.5 Å². The molecule has 0 aromatic heterocycles. The summed E-state index contributed by atoms with van der Waals surface area (Å²) in [5.74, 6) is -0.564. The molecule has 2 rings (SSSR count). The predicted octanol–water partition coefficient (Wildman–Crippen LogP) is 3.20. The number of carbonyl (C=O) groups excluding carboxylic acids is 2. The largest absolute Gasteiger partial charge is 0.460 e. The Bertz CT molecular complexity index is 767. The Morgan fingerprint density at radius 3 is 2.14 bits per heavy atom. The maximum absolute atomic E-state index is 12.5. The van der Waals surface area contributed by atoms with Crippen LogP contribution in [0, 0.1) is 0 Å². The van der Waals surface area contributed by atoms with E-state index in [0.29, 0.717) is 0 Å². The van der Waals surface area contributed by atoms with Crippen molar-refractivity contribution in [3.63, 3.8) is 0 Å². The number of hydroxylamine groups is 2. The van der Waals surface area contributed by atoms with E-state index in [1.165, 1.54) is 6.08 Å². The van der Waals surface area contributed by atoms with Crippen molar-refractivity contribution >= 4 is 12.1 Å². The molecule has 7 heteroatoms. The molecule has 0 saturated carbocycles. The van der Waals surface area contributed by atoms with Crippen molar-refractivity contribution in [3.05, 3.63) is 84.4 Å². The van der Waals surface area contributed by atoms with Crippen LogP contribution in [0.3, 0.4) is 0 Å². The highest BCUT2D eigenvalue weighted by molar-refractivity contribution is 5.75. The number of amides is 1. The van der Waals surface area contributed by atoms with Gasteiger partial charge in [0.2, 0.25) is 0 Å². The van der Waals surface area contributed by atoms with Gasteiger partial charge in [-0.1, -0.05) is 73.3 Å². The van der Waals surface area contributed by atoms with Crippen molar-refractivity contribution in [2.45, 2.75) is 25.7 Å². The van der Waals surface area contributed by atoms with Gasteiger partial charge < -0.3 is 15.2 Å². The van der Waals surface area contributed by atoms with Gasteiger partial charge in [-0.2, -0.15) is 5.06 Å². The number of hydrogen-bond donors (Lipinski definition) is 1. The number of nitrogens with zero attached hydrogens (tertiary/aromatic N) is 1. The van der Waals surface area contributed by atoms with Gasteiger partial charge in [-0.3, -0.25) is 9.63 Å². The van der Waals surface area contributed by atoms with E-state index in [0.717, 1.165) is 16.2 Å². The van der Waals surface area contributed by atoms with E-state index in [2.05, 4.69) is 6.58 Å². The van der Waals surface area contributed by atoms with Gasteiger partial charge in [0.15, 0.2) is 0 Å². The molecule has 154 valence electrons. The van der Waals surface area contributed by atoms with Gasteiger partial charge in [0, 0.05) is 0 Å². The summed E-state index contributed by atoms with van der Waals surface area (Å²) in [6, 6.07) is 17.8. The fourth-order valence-electron chi connectivity index (χ4n) is 2.35. The first-order valence-corrected chi connectivity index (χ1v) is 9.28. The van der Waals surface area contributed by atoms with Gasteiger partial charge in [0.1, 0.15) is 25.9 Å². The Morgan fingerprint density at radius 2 is 1.55 bits per heavy atom. The summed E-state index contributed by atoms with van der Waals surface area (Å²) in [6.45, 7) is 3.93. The smallest absolute Gasteiger partial charge is 0.434 e. The molecule has 0 aliphatic carbocycles. The topological polar surface area (TPSA) is 91.1 Å². The molecule has 2 N–H and O–H groups in total. The molecule has 7 nitrogen and oxygen atoms in total. The van der Waals surface area contributed by atoms with Crippen LogP contribution < -0.4 is 5.73 Å². The van der Waals surface area contributed by atoms with E-state index in [4.69, 9.17) is 20.0 Å². The maximum Gasteiger partial charge on any atom is 0.434 e. The fourth-order valence-corrected chi connectivity index (χ4v) is 2.35. The number of hydrogen-bond acceptors (Lipinski definition) is 6. The molecule has 0 heterocycles. The number of esters is 1. The van der Waals surface area contributed by atoms with Crippen molar-refractivity contribution < 1.29 is 23.9 Å². The van der Waals surface area contributed by atoms with Crippen LogP contribution >= 0.6 is 0 Å². The lowest BCUT2D eigenvalue weighted by Crippen LogP contribution is -2.39. The predicted molar refractivity (Wildman–Crippen MR) is 108 cm³/mol. The third kappa shape index (κ3) is 8.16. The minimum absolute atomic E-state index is 0.0742. The SMILES string of the molecule is C=CCOC(=O)[C@@H](N)CCN(OCc1ccccc1)C(=O)OCc1ccccc1. The lowest BCUT2D eigenvalue weighted by molar-refractivity contribution is -0.153. The van der Waals surface area contributed by atoms with E-state index < -0.39 is 18.1 Å². The monoisotopic (exact) mass is 398 g/mol. The number of rotatable bonds is 11. The van der Waals surface area contributed by atoms with Gasteiger partial charge in [-0.05, 0) is 17.5 Å². The molecular formula is C22H26N2O5. The van der Waals surface area contributed by atoms with Crippen LogP contribution in [0.15, 0.2) is 73.3 Å². The molecular weight excluding hydrogens is 372 g/mol. The molecule has 0 aliphatic rings. The standard InChI is InChI=1S/C22H26N2O5/c1-2-15-27-21(25)20(23)13-14-24(29-17-19-11-7-4-8-12-19)22(26)28-16-18-9-5-3-6-10-18/h2-12,20H,1,13-17,23H2/t20-/m0/s1. The zero-order chi connectivity index (χ0) is 20.9. The highest BCUT2D eigenvalue weighted by Crippen LogP contribution is 2.09. The molecule has 0 radical (unpaired) electrons. The zero-order valence-electron chi connectivity index (χ0n) is 16.2. The lowest BCUT2D eigenvalue weighted by Gasteiger charge is -2.22. The van der Waals surface area contributed by atoms with Crippen LogP contribution in [0.4, 0.5) is 4.79 Å². The normalized spacial score (nSPS) is 11.3. The van der Waals surface area contributed by atoms with Gasteiger partial charge >= 0.3 is 12.1 Å². The van der Waals surface area contributed by atoms with E-state index in [9.17, 15) is 9.59 Å². The van der Waals surface area contributed by atoms with Gasteiger partial charge in [0.25, 0.3) is 0 Å². The molecule has 29 heavy (non-hydrogen) atoms. The Morgan fingerprint density at radius 1 is 0.966 bits per heavy atom. The second-order valence-corrected chi connectivity index (χ2v) is 6.22. The molecule has 1 atom stereocenters. The van der Waals surface area contributed by atoms with E-state index >= 15 is 0 Å². The maximum atomic E-state index is 12.5. The van der Waals surface area contributed by atoms with Crippen LogP contribution in [0.5, 0.6) is 0 Å². The highest BCUT2D eigenvalue weighted by Gasteiger charge is 2.21. The molecule has 0 fully saturated rings. The number of nitrogens with two attached hydrogens (primary N) is 1. The first kappa shape index (κ1) is 22.1. The lowest BCUT2D eigenvalue weighted by atomic mass is 10.2. The highest BCUT2D eigenvalue weighted by atomic mass is 16.7. The minimum atomic E-state index is -0.889. The van der Waals surface area contributed by atoms with Crippen molar-refractivity contribution in [1.29, 1.82) is 0 Å². The summed E-state index contributed by atoms with van der Waals surface area (Å²) in [5.41, 5.74) is 7.58. The number of benzene rings is 2. The first-order chi connectivity index (χ1) is 14.1. The zero-order valence-corrected chi connectivity index (χ0v) is 16.2. The average molecular weight is 398 g/mol. The summed E-state index contributed by atoms with van der Waals surface area (Å²) in [6.07, 6.45) is 0.961. The molecule has 0 aliphatic heterocycles. The molecule has 1 amide bonds. The van der Waals surface area contributed by atoms with Gasteiger partial charge in [-0.25, -0.2) is 4.79 Å². The average Bonchev–Trinajstić information content (AvgIpc) is 2.77. The van der Waals surface area contributed by atoms with Crippen molar-refractivity contribution in [1.82, 2.24) is 5.06 Å². The summed E-state index contributed by atoms with van der Waals surface area (Å²) < 4.78 is 10.3. The van der Waals surface area contributed by atoms with Crippen LogP contribution in [-0.2, 0) is 32.3 Å². The van der Waals surface area contributed by atoms with E-state index in [1.807, 2.05) is 60.7 Å². The van der Waals surface area contributed by atoms with Crippen LogP contribution in [0.2, 0.25) is 0 Å². The van der Waals surface area contributed by atoms with E-state index in [-0.39, 0.29) is 32.8 Å². The Kier molecular flexibility index (Phi) is 9.41. The number of ether oxygens (including phenoxy) is 2. The molecule has 0 saturated heterocycles. The Balaban J connectivity index is 1.93. The van der Waals surface area contributed by atoms with E-state index in [1.54, 1.807) is 0 Å². The summed E-state index contributed by atoms with van der Waals surface area (Å²) >= 11 is 0. The minimum Gasteiger partial charge on any atom is -0.460 e.